The second-order valence-electron chi connectivity index (χ2n) is 9.57. The van der Waals surface area contributed by atoms with E-state index in [2.05, 4.69) is 79.3 Å². The van der Waals surface area contributed by atoms with Gasteiger partial charge < -0.3 is 14.4 Å². The number of fused-ring (bicyclic) bond motifs is 5. The summed E-state index contributed by atoms with van der Waals surface area (Å²) >= 11 is 1.78. The third-order valence-electron chi connectivity index (χ3n) is 6.73. The molecule has 0 saturated heterocycles. The Bertz CT molecular complexity index is 1900. The maximum absolute atomic E-state index is 6.37. The fraction of sp³-hybridized carbons (Fsp3) is 0.118. The molecule has 0 bridgehead atoms. The normalized spacial score (nSPS) is 10.9. The molecule has 0 aliphatic rings. The fourth-order valence-corrected chi connectivity index (χ4v) is 5.55. The minimum absolute atomic E-state index is 0. The fourth-order valence-electron chi connectivity index (χ4n) is 4.56. The Labute approximate surface area is 245 Å². The van der Waals surface area contributed by atoms with Gasteiger partial charge in [-0.15, -0.1) is 65.4 Å². The minimum Gasteiger partial charge on any atom is -0.499 e. The summed E-state index contributed by atoms with van der Waals surface area (Å²) < 4.78 is 7.59. The summed E-state index contributed by atoms with van der Waals surface area (Å²) in [6.45, 7) is 8.35. The summed E-state index contributed by atoms with van der Waals surface area (Å²) in [5.41, 5.74) is 9.29. The van der Waals surface area contributed by atoms with Crippen LogP contribution in [-0.2, 0) is 20.1 Å². The van der Waals surface area contributed by atoms with E-state index in [9.17, 15) is 0 Å². The van der Waals surface area contributed by atoms with Crippen LogP contribution in [0.2, 0.25) is 0 Å². The van der Waals surface area contributed by atoms with Gasteiger partial charge in [0.2, 0.25) is 0 Å². The number of furan rings is 1. The third kappa shape index (κ3) is 5.31. The molecule has 0 atom stereocenters. The summed E-state index contributed by atoms with van der Waals surface area (Å²) in [6.07, 6.45) is 3.79. The molecule has 0 spiro atoms. The van der Waals surface area contributed by atoms with Crippen molar-refractivity contribution in [3.63, 3.8) is 0 Å². The first-order chi connectivity index (χ1) is 18.5. The summed E-state index contributed by atoms with van der Waals surface area (Å²) in [7, 11) is 0. The van der Waals surface area contributed by atoms with Crippen LogP contribution in [0.5, 0.6) is 0 Å². The van der Waals surface area contributed by atoms with E-state index in [1.807, 2.05) is 55.7 Å². The van der Waals surface area contributed by atoms with Gasteiger partial charge in [-0.3, -0.25) is 0 Å². The van der Waals surface area contributed by atoms with Crippen molar-refractivity contribution in [2.75, 3.05) is 0 Å². The molecule has 0 fully saturated rings. The molecule has 7 rings (SSSR count). The van der Waals surface area contributed by atoms with Crippen LogP contribution in [0.15, 0.2) is 89.6 Å². The number of hydrogen-bond acceptors (Lipinski definition) is 4. The van der Waals surface area contributed by atoms with Crippen molar-refractivity contribution in [1.82, 2.24) is 9.97 Å². The van der Waals surface area contributed by atoms with Gasteiger partial charge in [0.1, 0.15) is 5.58 Å². The Hall–Kier alpha value is -3.63. The van der Waals surface area contributed by atoms with Crippen LogP contribution in [0.25, 0.3) is 54.5 Å². The average molecular weight is 703 g/mol. The Morgan fingerprint density at radius 1 is 0.718 bits per heavy atom. The quantitative estimate of drug-likeness (QED) is 0.169. The van der Waals surface area contributed by atoms with Gasteiger partial charge in [-0.2, -0.15) is 0 Å². The number of rotatable bonds is 2. The number of aryl methyl sites for hydroxylation is 4. The van der Waals surface area contributed by atoms with Crippen LogP contribution in [0.4, 0.5) is 0 Å². The molecule has 5 heteroatoms. The van der Waals surface area contributed by atoms with E-state index in [0.717, 1.165) is 44.5 Å². The van der Waals surface area contributed by atoms with E-state index in [-0.39, 0.29) is 20.1 Å². The van der Waals surface area contributed by atoms with Gasteiger partial charge in [0.05, 0.1) is 10.3 Å². The van der Waals surface area contributed by atoms with E-state index in [1.54, 1.807) is 11.3 Å². The molecule has 0 saturated carbocycles. The van der Waals surface area contributed by atoms with Crippen molar-refractivity contribution in [2.45, 2.75) is 27.7 Å². The maximum Gasteiger partial charge on any atom is 0.138 e. The van der Waals surface area contributed by atoms with Gasteiger partial charge in [0.25, 0.3) is 0 Å². The Balaban J connectivity index is 0.000000187. The molecule has 195 valence electrons. The van der Waals surface area contributed by atoms with Crippen molar-refractivity contribution < 1.29 is 24.5 Å². The smallest absolute Gasteiger partial charge is 0.138 e. The molecule has 0 amide bonds. The van der Waals surface area contributed by atoms with Crippen LogP contribution < -0.4 is 0 Å². The SMILES string of the molecule is Cc1cc2ccc3c4cc[c-]c(-c5cc(C)c(C)cn5)c4oc3c2s1.Cc1ccc(-c2[c-]cccc2)nc1.[Ir]. The number of pyridine rings is 2. The number of aromatic nitrogens is 2. The Morgan fingerprint density at radius 3 is 2.28 bits per heavy atom. The van der Waals surface area contributed by atoms with Gasteiger partial charge in [0.15, 0.2) is 0 Å². The van der Waals surface area contributed by atoms with Crippen LogP contribution in [0.3, 0.4) is 0 Å². The zero-order chi connectivity index (χ0) is 26.2. The van der Waals surface area contributed by atoms with Crippen molar-refractivity contribution in [3.05, 3.63) is 119 Å². The van der Waals surface area contributed by atoms with Crippen LogP contribution in [0.1, 0.15) is 21.6 Å². The third-order valence-corrected chi connectivity index (χ3v) is 7.80. The molecule has 7 aromatic rings. The van der Waals surface area contributed by atoms with Gasteiger partial charge >= 0.3 is 0 Å². The number of nitrogens with zero attached hydrogens (tertiary/aromatic N) is 2. The molecule has 4 heterocycles. The molecule has 0 aliphatic heterocycles. The maximum atomic E-state index is 6.37. The van der Waals surface area contributed by atoms with E-state index < -0.39 is 0 Å². The predicted octanol–water partition coefficient (Wildman–Crippen LogP) is 9.44. The van der Waals surface area contributed by atoms with Crippen LogP contribution in [0, 0.1) is 39.8 Å². The van der Waals surface area contributed by atoms with Crippen LogP contribution >= 0.6 is 11.3 Å². The number of hydrogen-bond donors (Lipinski definition) is 0. The van der Waals surface area contributed by atoms with Gasteiger partial charge in [-0.05, 0) is 61.7 Å². The Morgan fingerprint density at radius 2 is 1.54 bits per heavy atom. The zero-order valence-electron chi connectivity index (χ0n) is 22.1. The predicted molar refractivity (Wildman–Crippen MR) is 159 cm³/mol. The largest absolute Gasteiger partial charge is 0.499 e. The van der Waals surface area contributed by atoms with E-state index in [0.29, 0.717) is 0 Å². The summed E-state index contributed by atoms with van der Waals surface area (Å²) in [5, 5.41) is 3.52. The molecule has 0 unspecified atom stereocenters. The monoisotopic (exact) mass is 703 g/mol. The molecule has 0 aliphatic carbocycles. The van der Waals surface area contributed by atoms with E-state index in [4.69, 9.17) is 4.42 Å². The first-order valence-corrected chi connectivity index (χ1v) is 13.4. The van der Waals surface area contributed by atoms with Gasteiger partial charge in [-0.25, -0.2) is 0 Å². The number of benzene rings is 3. The molecule has 1 radical (unpaired) electrons. The zero-order valence-corrected chi connectivity index (χ0v) is 25.3. The van der Waals surface area contributed by atoms with Gasteiger partial charge in [0, 0.05) is 42.8 Å². The van der Waals surface area contributed by atoms with Crippen molar-refractivity contribution in [3.8, 4) is 22.5 Å². The molecule has 3 aromatic carbocycles. The van der Waals surface area contributed by atoms with E-state index in [1.165, 1.54) is 31.7 Å². The van der Waals surface area contributed by atoms with Crippen molar-refractivity contribution in [1.29, 1.82) is 0 Å². The molecular weight excluding hydrogens is 677 g/mol. The minimum atomic E-state index is 0. The van der Waals surface area contributed by atoms with Crippen molar-refractivity contribution >= 4 is 43.4 Å². The second kappa shape index (κ2) is 11.2. The average Bonchev–Trinajstić information content (AvgIpc) is 3.51. The molecule has 0 N–H and O–H groups in total. The summed E-state index contributed by atoms with van der Waals surface area (Å²) in [6, 6.07) is 31.1. The molecule has 3 nitrogen and oxygen atoms in total. The summed E-state index contributed by atoms with van der Waals surface area (Å²) in [4.78, 5) is 10.2. The van der Waals surface area contributed by atoms with Crippen molar-refractivity contribution in [2.24, 2.45) is 0 Å². The first-order valence-electron chi connectivity index (χ1n) is 12.6. The molecular formula is C34H26IrN2OS-2. The standard InChI is InChI=1S/C22H16NOS.C12H10N.Ir/c1-12-9-19(23-11-13(12)2)18-6-4-5-16-17-8-7-15-10-14(3)25-22(15)21(17)24-20(16)18;1-10-7-8-12(13-9-10)11-5-3-2-4-6-11;/h4-5,7-11H,1-3H3;2-5,7-9H,1H3;/q2*-1;. The van der Waals surface area contributed by atoms with Gasteiger partial charge in [-0.1, -0.05) is 46.8 Å². The first kappa shape index (κ1) is 27.0. The van der Waals surface area contributed by atoms with Crippen LogP contribution in [-0.4, -0.2) is 9.97 Å². The van der Waals surface area contributed by atoms with E-state index >= 15 is 0 Å². The second-order valence-corrected chi connectivity index (χ2v) is 10.8. The summed E-state index contributed by atoms with van der Waals surface area (Å²) in [5.74, 6) is 0. The Kier molecular flexibility index (Phi) is 7.76. The topological polar surface area (TPSA) is 38.9 Å². The number of thiophene rings is 1. The molecule has 39 heavy (non-hydrogen) atoms. The molecule has 4 aromatic heterocycles.